The van der Waals surface area contributed by atoms with E-state index >= 15 is 0 Å². The van der Waals surface area contributed by atoms with Crippen LogP contribution in [0, 0.1) is 0 Å². The molecular formula is C15H24N2O3. The van der Waals surface area contributed by atoms with Crippen molar-refractivity contribution < 1.29 is 14.3 Å². The molecule has 0 bridgehead atoms. The van der Waals surface area contributed by atoms with Crippen LogP contribution in [0.1, 0.15) is 25.8 Å². The van der Waals surface area contributed by atoms with Crippen LogP contribution in [0.2, 0.25) is 0 Å². The molecule has 0 saturated heterocycles. The van der Waals surface area contributed by atoms with Crippen LogP contribution < -0.4 is 20.1 Å². The zero-order chi connectivity index (χ0) is 15.0. The van der Waals surface area contributed by atoms with E-state index in [1.165, 1.54) is 0 Å². The van der Waals surface area contributed by atoms with Crippen molar-refractivity contribution in [3.8, 4) is 11.5 Å². The van der Waals surface area contributed by atoms with E-state index in [0.29, 0.717) is 13.0 Å². The zero-order valence-electron chi connectivity index (χ0n) is 12.7. The van der Waals surface area contributed by atoms with Crippen LogP contribution in [0.5, 0.6) is 11.5 Å². The van der Waals surface area contributed by atoms with Gasteiger partial charge in [-0.15, -0.1) is 0 Å². The molecule has 0 radical (unpaired) electrons. The average Bonchev–Trinajstić information content (AvgIpc) is 2.47. The molecule has 0 fully saturated rings. The minimum Gasteiger partial charge on any atom is -0.497 e. The molecule has 0 saturated carbocycles. The summed E-state index contributed by atoms with van der Waals surface area (Å²) < 4.78 is 10.5. The number of hydrogen-bond donors (Lipinski definition) is 2. The second kappa shape index (κ2) is 8.30. The molecule has 5 heteroatoms. The van der Waals surface area contributed by atoms with Gasteiger partial charge >= 0.3 is 6.03 Å². The van der Waals surface area contributed by atoms with E-state index in [-0.39, 0.29) is 12.1 Å². The van der Waals surface area contributed by atoms with Gasteiger partial charge in [0.1, 0.15) is 11.5 Å². The molecule has 2 N–H and O–H groups in total. The van der Waals surface area contributed by atoms with Gasteiger partial charge in [0.05, 0.1) is 14.2 Å². The highest BCUT2D eigenvalue weighted by molar-refractivity contribution is 5.74. The molecule has 1 atom stereocenters. The monoisotopic (exact) mass is 280 g/mol. The van der Waals surface area contributed by atoms with E-state index < -0.39 is 0 Å². The van der Waals surface area contributed by atoms with Crippen molar-refractivity contribution in [3.63, 3.8) is 0 Å². The molecule has 2 amide bonds. The standard InChI is InChI=1S/C15H24N2O3/c1-5-11(2)17-15(18)16-9-8-12-6-7-13(19-3)10-14(12)20-4/h6-7,10-11H,5,8-9H2,1-4H3,(H2,16,17,18). The molecule has 0 spiro atoms. The predicted octanol–water partition coefficient (Wildman–Crippen LogP) is 2.34. The number of amides is 2. The molecule has 0 aliphatic heterocycles. The molecule has 1 unspecified atom stereocenters. The lowest BCUT2D eigenvalue weighted by atomic mass is 10.1. The van der Waals surface area contributed by atoms with E-state index in [1.54, 1.807) is 14.2 Å². The van der Waals surface area contributed by atoms with Gasteiger partial charge < -0.3 is 20.1 Å². The van der Waals surface area contributed by atoms with Gasteiger partial charge in [-0.3, -0.25) is 0 Å². The number of rotatable bonds is 7. The van der Waals surface area contributed by atoms with Crippen LogP contribution in [-0.2, 0) is 6.42 Å². The second-order valence-corrected chi connectivity index (χ2v) is 4.64. The Bertz CT molecular complexity index is 435. The minimum atomic E-state index is -0.133. The number of carbonyl (C=O) groups is 1. The van der Waals surface area contributed by atoms with Crippen molar-refractivity contribution in [3.05, 3.63) is 23.8 Å². The molecule has 5 nitrogen and oxygen atoms in total. The lowest BCUT2D eigenvalue weighted by molar-refractivity contribution is 0.237. The first-order valence-electron chi connectivity index (χ1n) is 6.86. The Morgan fingerprint density at radius 2 is 2.05 bits per heavy atom. The zero-order valence-corrected chi connectivity index (χ0v) is 12.7. The number of hydrogen-bond acceptors (Lipinski definition) is 3. The van der Waals surface area contributed by atoms with E-state index in [0.717, 1.165) is 23.5 Å². The van der Waals surface area contributed by atoms with E-state index in [2.05, 4.69) is 10.6 Å². The number of ether oxygens (including phenoxy) is 2. The summed E-state index contributed by atoms with van der Waals surface area (Å²) in [4.78, 5) is 11.6. The maximum Gasteiger partial charge on any atom is 0.315 e. The Balaban J connectivity index is 2.47. The van der Waals surface area contributed by atoms with Gasteiger partial charge in [-0.1, -0.05) is 13.0 Å². The third kappa shape index (κ3) is 4.99. The van der Waals surface area contributed by atoms with Crippen LogP contribution in [0.4, 0.5) is 4.79 Å². The summed E-state index contributed by atoms with van der Waals surface area (Å²) in [5, 5.41) is 5.70. The lowest BCUT2D eigenvalue weighted by Gasteiger charge is -2.13. The molecule has 1 rings (SSSR count). The van der Waals surface area contributed by atoms with Crippen LogP contribution in [0.25, 0.3) is 0 Å². The van der Waals surface area contributed by atoms with Crippen molar-refractivity contribution in [1.82, 2.24) is 10.6 Å². The summed E-state index contributed by atoms with van der Waals surface area (Å²) in [6.07, 6.45) is 1.63. The van der Waals surface area contributed by atoms with E-state index in [4.69, 9.17) is 9.47 Å². The van der Waals surface area contributed by atoms with Gasteiger partial charge in [-0.05, 0) is 31.4 Å². The van der Waals surface area contributed by atoms with Crippen molar-refractivity contribution in [2.75, 3.05) is 20.8 Å². The number of urea groups is 1. The van der Waals surface area contributed by atoms with E-state index in [1.807, 2.05) is 32.0 Å². The summed E-state index contributed by atoms with van der Waals surface area (Å²) in [5.74, 6) is 1.53. The number of carbonyl (C=O) groups excluding carboxylic acids is 1. The Morgan fingerprint density at radius 3 is 2.65 bits per heavy atom. The van der Waals surface area contributed by atoms with Crippen LogP contribution >= 0.6 is 0 Å². The summed E-state index contributed by atoms with van der Waals surface area (Å²) in [6, 6.07) is 5.73. The molecular weight excluding hydrogens is 256 g/mol. The summed E-state index contributed by atoms with van der Waals surface area (Å²) in [6.45, 7) is 4.57. The van der Waals surface area contributed by atoms with Crippen LogP contribution in [-0.4, -0.2) is 32.8 Å². The summed E-state index contributed by atoms with van der Waals surface area (Å²) in [7, 11) is 3.25. The van der Waals surface area contributed by atoms with Crippen LogP contribution in [0.3, 0.4) is 0 Å². The van der Waals surface area contributed by atoms with Crippen molar-refractivity contribution in [1.29, 1.82) is 0 Å². The topological polar surface area (TPSA) is 59.6 Å². The smallest absolute Gasteiger partial charge is 0.315 e. The Kier molecular flexibility index (Phi) is 6.70. The molecule has 1 aromatic carbocycles. The quantitative estimate of drug-likeness (QED) is 0.806. The van der Waals surface area contributed by atoms with Gasteiger partial charge in [0.25, 0.3) is 0 Å². The fourth-order valence-electron chi connectivity index (χ4n) is 1.75. The Labute approximate surface area is 120 Å². The largest absolute Gasteiger partial charge is 0.497 e. The highest BCUT2D eigenvalue weighted by Crippen LogP contribution is 2.24. The van der Waals surface area contributed by atoms with Crippen LogP contribution in [0.15, 0.2) is 18.2 Å². The molecule has 0 aliphatic carbocycles. The highest BCUT2D eigenvalue weighted by atomic mass is 16.5. The van der Waals surface area contributed by atoms with Crippen molar-refractivity contribution in [2.24, 2.45) is 0 Å². The predicted molar refractivity (Wildman–Crippen MR) is 79.5 cm³/mol. The second-order valence-electron chi connectivity index (χ2n) is 4.64. The molecule has 0 aromatic heterocycles. The SMILES string of the molecule is CCC(C)NC(=O)NCCc1ccc(OC)cc1OC. The van der Waals surface area contributed by atoms with Gasteiger partial charge in [0, 0.05) is 18.7 Å². The van der Waals surface area contributed by atoms with Gasteiger partial charge in [0.15, 0.2) is 0 Å². The number of benzene rings is 1. The van der Waals surface area contributed by atoms with Gasteiger partial charge in [-0.25, -0.2) is 4.79 Å². The molecule has 112 valence electrons. The first-order chi connectivity index (χ1) is 9.60. The normalized spacial score (nSPS) is 11.6. The Hall–Kier alpha value is -1.91. The molecule has 0 aliphatic rings. The third-order valence-electron chi connectivity index (χ3n) is 3.16. The maximum atomic E-state index is 11.6. The first-order valence-corrected chi connectivity index (χ1v) is 6.86. The number of methoxy groups -OCH3 is 2. The Morgan fingerprint density at radius 1 is 1.30 bits per heavy atom. The number of nitrogens with one attached hydrogen (secondary N) is 2. The molecule has 0 heterocycles. The molecule has 1 aromatic rings. The highest BCUT2D eigenvalue weighted by Gasteiger charge is 2.07. The van der Waals surface area contributed by atoms with Gasteiger partial charge in [0.2, 0.25) is 0 Å². The average molecular weight is 280 g/mol. The van der Waals surface area contributed by atoms with Crippen molar-refractivity contribution >= 4 is 6.03 Å². The van der Waals surface area contributed by atoms with Gasteiger partial charge in [-0.2, -0.15) is 0 Å². The molecule has 20 heavy (non-hydrogen) atoms. The summed E-state index contributed by atoms with van der Waals surface area (Å²) in [5.41, 5.74) is 1.04. The van der Waals surface area contributed by atoms with E-state index in [9.17, 15) is 4.79 Å². The summed E-state index contributed by atoms with van der Waals surface area (Å²) >= 11 is 0. The van der Waals surface area contributed by atoms with Crippen molar-refractivity contribution in [2.45, 2.75) is 32.7 Å². The lowest BCUT2D eigenvalue weighted by Crippen LogP contribution is -2.41. The fraction of sp³-hybridized carbons (Fsp3) is 0.533. The first kappa shape index (κ1) is 16.1. The minimum absolute atomic E-state index is 0.133. The fourth-order valence-corrected chi connectivity index (χ4v) is 1.75. The third-order valence-corrected chi connectivity index (χ3v) is 3.16. The maximum absolute atomic E-state index is 11.6.